The van der Waals surface area contributed by atoms with Gasteiger partial charge < -0.3 is 19.4 Å². The van der Waals surface area contributed by atoms with Crippen molar-refractivity contribution in [1.29, 1.82) is 5.26 Å². The lowest BCUT2D eigenvalue weighted by atomic mass is 10.1. The lowest BCUT2D eigenvalue weighted by Gasteiger charge is -2.13. The Morgan fingerprint density at radius 2 is 1.50 bits per heavy atom. The van der Waals surface area contributed by atoms with Crippen molar-refractivity contribution in [3.8, 4) is 34.6 Å². The standard InChI is InChI=1S/C32H24N6O2/c1-39-27-10-4-23(5-11-27)21-38-19-16-29-30(38)31(37-32(36-29)35-26-8-2-22(20-33)3-9-26)40-28-12-6-24(7-13-28)25-14-17-34-18-15-25/h2-19H,21H2,1H3,(H,35,36,37). The van der Waals surface area contributed by atoms with Gasteiger partial charge in [-0.05, 0) is 83.4 Å². The molecule has 0 saturated heterocycles. The van der Waals surface area contributed by atoms with E-state index >= 15 is 0 Å². The number of hydrogen-bond acceptors (Lipinski definition) is 7. The third kappa shape index (κ3) is 5.30. The lowest BCUT2D eigenvalue weighted by molar-refractivity contribution is 0.414. The fourth-order valence-electron chi connectivity index (χ4n) is 4.39. The van der Waals surface area contributed by atoms with Crippen LogP contribution in [0.5, 0.6) is 17.4 Å². The van der Waals surface area contributed by atoms with Crippen LogP contribution in [-0.2, 0) is 6.54 Å². The summed E-state index contributed by atoms with van der Waals surface area (Å²) in [6, 6.07) is 31.0. The Kier molecular flexibility index (Phi) is 6.76. The Morgan fingerprint density at radius 1 is 0.800 bits per heavy atom. The first-order chi connectivity index (χ1) is 19.7. The van der Waals surface area contributed by atoms with E-state index in [2.05, 4.69) is 20.9 Å². The average molecular weight is 525 g/mol. The van der Waals surface area contributed by atoms with Crippen molar-refractivity contribution in [1.82, 2.24) is 19.5 Å². The van der Waals surface area contributed by atoms with E-state index in [4.69, 9.17) is 24.7 Å². The number of fused-ring (bicyclic) bond motifs is 1. The Morgan fingerprint density at radius 3 is 2.20 bits per heavy atom. The van der Waals surface area contributed by atoms with E-state index in [9.17, 15) is 0 Å². The number of methoxy groups -OCH3 is 1. The number of aromatic nitrogens is 4. The van der Waals surface area contributed by atoms with Crippen LogP contribution in [0.3, 0.4) is 0 Å². The molecule has 194 valence electrons. The molecule has 6 aromatic rings. The fraction of sp³-hybridized carbons (Fsp3) is 0.0625. The predicted octanol–water partition coefficient (Wildman–Crippen LogP) is 6.96. The monoisotopic (exact) mass is 524 g/mol. The van der Waals surface area contributed by atoms with Gasteiger partial charge in [-0.15, -0.1) is 0 Å². The molecule has 0 atom stereocenters. The highest BCUT2D eigenvalue weighted by Gasteiger charge is 2.16. The second-order valence-corrected chi connectivity index (χ2v) is 9.05. The van der Waals surface area contributed by atoms with E-state index in [1.165, 1.54) is 0 Å². The van der Waals surface area contributed by atoms with E-state index in [-0.39, 0.29) is 0 Å². The molecular formula is C32H24N6O2. The zero-order valence-electron chi connectivity index (χ0n) is 21.7. The van der Waals surface area contributed by atoms with Crippen molar-refractivity contribution in [2.45, 2.75) is 6.54 Å². The Hall–Kier alpha value is -5.68. The average Bonchev–Trinajstić information content (AvgIpc) is 3.41. The zero-order valence-corrected chi connectivity index (χ0v) is 21.7. The van der Waals surface area contributed by atoms with Gasteiger partial charge in [-0.3, -0.25) is 4.98 Å². The molecule has 0 amide bonds. The highest BCUT2D eigenvalue weighted by atomic mass is 16.5. The molecule has 3 aromatic carbocycles. The summed E-state index contributed by atoms with van der Waals surface area (Å²) < 4.78 is 13.8. The molecule has 8 nitrogen and oxygen atoms in total. The third-order valence-electron chi connectivity index (χ3n) is 6.44. The Balaban J connectivity index is 1.36. The number of benzene rings is 3. The van der Waals surface area contributed by atoms with E-state index in [0.29, 0.717) is 29.7 Å². The van der Waals surface area contributed by atoms with Gasteiger partial charge in [0.25, 0.3) is 0 Å². The van der Waals surface area contributed by atoms with Crippen molar-refractivity contribution in [3.63, 3.8) is 0 Å². The van der Waals surface area contributed by atoms with Gasteiger partial charge in [0.1, 0.15) is 17.0 Å². The van der Waals surface area contributed by atoms with Gasteiger partial charge in [0.2, 0.25) is 11.8 Å². The molecule has 40 heavy (non-hydrogen) atoms. The molecule has 0 aliphatic rings. The van der Waals surface area contributed by atoms with Crippen molar-refractivity contribution in [2.75, 3.05) is 12.4 Å². The number of nitrogens with zero attached hydrogens (tertiary/aromatic N) is 5. The summed E-state index contributed by atoms with van der Waals surface area (Å²) in [6.45, 7) is 0.608. The van der Waals surface area contributed by atoms with E-state index in [1.807, 2.05) is 85.1 Å². The minimum absolute atomic E-state index is 0.391. The summed E-state index contributed by atoms with van der Waals surface area (Å²) in [5, 5.41) is 12.3. The summed E-state index contributed by atoms with van der Waals surface area (Å²) in [5.74, 6) is 2.28. The second-order valence-electron chi connectivity index (χ2n) is 9.05. The summed E-state index contributed by atoms with van der Waals surface area (Å²) in [5.41, 5.74) is 6.11. The smallest absolute Gasteiger partial charge is 0.249 e. The minimum Gasteiger partial charge on any atom is -0.497 e. The first-order valence-corrected chi connectivity index (χ1v) is 12.6. The van der Waals surface area contributed by atoms with Crippen LogP contribution in [0.15, 0.2) is 110 Å². The fourth-order valence-corrected chi connectivity index (χ4v) is 4.39. The molecule has 0 unspecified atom stereocenters. The molecular weight excluding hydrogens is 500 g/mol. The molecule has 0 bridgehead atoms. The van der Waals surface area contributed by atoms with Gasteiger partial charge in [-0.1, -0.05) is 24.3 Å². The summed E-state index contributed by atoms with van der Waals surface area (Å²) in [7, 11) is 1.66. The number of nitriles is 1. The topological polar surface area (TPSA) is 97.9 Å². The predicted molar refractivity (Wildman–Crippen MR) is 154 cm³/mol. The van der Waals surface area contributed by atoms with E-state index in [0.717, 1.165) is 39.2 Å². The van der Waals surface area contributed by atoms with Crippen LogP contribution < -0.4 is 14.8 Å². The quantitative estimate of drug-likeness (QED) is 0.230. The minimum atomic E-state index is 0.391. The van der Waals surface area contributed by atoms with Crippen LogP contribution in [0, 0.1) is 11.3 Å². The molecule has 3 heterocycles. The molecule has 0 saturated carbocycles. The molecule has 8 heteroatoms. The summed E-state index contributed by atoms with van der Waals surface area (Å²) in [6.07, 6.45) is 5.53. The number of pyridine rings is 1. The number of nitrogens with one attached hydrogen (secondary N) is 1. The SMILES string of the molecule is COc1ccc(Cn2ccc3nc(Nc4ccc(C#N)cc4)nc(Oc4ccc(-c5ccncc5)cc4)c32)cc1. The summed E-state index contributed by atoms with van der Waals surface area (Å²) >= 11 is 0. The highest BCUT2D eigenvalue weighted by Crippen LogP contribution is 2.32. The van der Waals surface area contributed by atoms with Gasteiger partial charge in [-0.25, -0.2) is 4.98 Å². The van der Waals surface area contributed by atoms with E-state index < -0.39 is 0 Å². The number of ether oxygens (including phenoxy) is 2. The first-order valence-electron chi connectivity index (χ1n) is 12.6. The van der Waals surface area contributed by atoms with Crippen molar-refractivity contribution in [3.05, 3.63) is 121 Å². The van der Waals surface area contributed by atoms with Crippen LogP contribution >= 0.6 is 0 Å². The second kappa shape index (κ2) is 11.0. The molecule has 3 aromatic heterocycles. The van der Waals surface area contributed by atoms with Crippen LogP contribution in [-0.4, -0.2) is 26.6 Å². The van der Waals surface area contributed by atoms with Crippen LogP contribution in [0.1, 0.15) is 11.1 Å². The number of rotatable bonds is 8. The van der Waals surface area contributed by atoms with Crippen molar-refractivity contribution >= 4 is 22.7 Å². The van der Waals surface area contributed by atoms with Crippen molar-refractivity contribution < 1.29 is 9.47 Å². The maximum atomic E-state index is 9.11. The molecule has 0 aliphatic heterocycles. The Bertz CT molecular complexity index is 1790. The van der Waals surface area contributed by atoms with Crippen LogP contribution in [0.4, 0.5) is 11.6 Å². The zero-order chi connectivity index (χ0) is 27.3. The lowest BCUT2D eigenvalue weighted by Crippen LogP contribution is -2.04. The largest absolute Gasteiger partial charge is 0.497 e. The molecule has 0 spiro atoms. The van der Waals surface area contributed by atoms with Crippen LogP contribution in [0.2, 0.25) is 0 Å². The maximum Gasteiger partial charge on any atom is 0.249 e. The van der Waals surface area contributed by atoms with Gasteiger partial charge in [0.15, 0.2) is 0 Å². The molecule has 0 fully saturated rings. The molecule has 6 rings (SSSR count). The number of hydrogen-bond donors (Lipinski definition) is 1. The highest BCUT2D eigenvalue weighted by molar-refractivity contribution is 5.83. The first kappa shape index (κ1) is 24.6. The normalized spacial score (nSPS) is 10.7. The Labute approximate surface area is 231 Å². The van der Waals surface area contributed by atoms with Crippen molar-refractivity contribution in [2.24, 2.45) is 0 Å². The number of anilines is 2. The molecule has 0 radical (unpaired) electrons. The summed E-state index contributed by atoms with van der Waals surface area (Å²) in [4.78, 5) is 13.6. The van der Waals surface area contributed by atoms with Gasteiger partial charge in [0, 0.05) is 30.8 Å². The van der Waals surface area contributed by atoms with Gasteiger partial charge in [0.05, 0.1) is 24.3 Å². The van der Waals surface area contributed by atoms with Gasteiger partial charge >= 0.3 is 0 Å². The van der Waals surface area contributed by atoms with Crippen LogP contribution in [0.25, 0.3) is 22.2 Å². The third-order valence-corrected chi connectivity index (χ3v) is 6.44. The van der Waals surface area contributed by atoms with Gasteiger partial charge in [-0.2, -0.15) is 10.2 Å². The molecule has 0 aliphatic carbocycles. The van der Waals surface area contributed by atoms with E-state index in [1.54, 1.807) is 31.6 Å². The maximum absolute atomic E-state index is 9.11. The molecule has 1 N–H and O–H groups in total.